The van der Waals surface area contributed by atoms with Gasteiger partial charge >= 0.3 is 6.03 Å². The molecule has 2 aromatic rings. The SMILES string of the molecule is O=C(CN1C(=O)NC2(CCc3ccccc32)C1=O)Nc1ccc(Cl)cn1. The van der Waals surface area contributed by atoms with Crippen molar-refractivity contribution in [2.45, 2.75) is 18.4 Å². The van der Waals surface area contributed by atoms with Gasteiger partial charge in [-0.3, -0.25) is 14.5 Å². The molecule has 2 aliphatic rings. The van der Waals surface area contributed by atoms with Gasteiger partial charge in [0.15, 0.2) is 0 Å². The second-order valence-corrected chi connectivity index (χ2v) is 6.73. The Morgan fingerprint density at radius 3 is 2.85 bits per heavy atom. The summed E-state index contributed by atoms with van der Waals surface area (Å²) in [4.78, 5) is 42.5. The largest absolute Gasteiger partial charge is 0.325 e. The Balaban J connectivity index is 1.52. The minimum atomic E-state index is -1.06. The van der Waals surface area contributed by atoms with Crippen molar-refractivity contribution in [3.8, 4) is 0 Å². The molecule has 0 bridgehead atoms. The molecule has 1 saturated heterocycles. The molecule has 4 amide bonds. The van der Waals surface area contributed by atoms with E-state index in [2.05, 4.69) is 15.6 Å². The van der Waals surface area contributed by atoms with Gasteiger partial charge in [0.2, 0.25) is 5.91 Å². The molecular weight excluding hydrogens is 356 g/mol. The number of benzene rings is 1. The minimum absolute atomic E-state index is 0.298. The number of hydrogen-bond acceptors (Lipinski definition) is 4. The van der Waals surface area contributed by atoms with Crippen molar-refractivity contribution in [3.05, 3.63) is 58.7 Å². The number of rotatable bonds is 3. The fourth-order valence-corrected chi connectivity index (χ4v) is 3.62. The Morgan fingerprint density at radius 2 is 2.08 bits per heavy atom. The molecule has 1 unspecified atom stereocenters. The van der Waals surface area contributed by atoms with E-state index in [-0.39, 0.29) is 6.54 Å². The highest BCUT2D eigenvalue weighted by atomic mass is 35.5. The van der Waals surface area contributed by atoms with Gasteiger partial charge in [-0.15, -0.1) is 0 Å². The summed E-state index contributed by atoms with van der Waals surface area (Å²) < 4.78 is 0. The zero-order valence-corrected chi connectivity index (χ0v) is 14.4. The highest BCUT2D eigenvalue weighted by Crippen LogP contribution is 2.41. The number of pyridine rings is 1. The lowest BCUT2D eigenvalue weighted by Crippen LogP contribution is -2.43. The summed E-state index contributed by atoms with van der Waals surface area (Å²) in [5.41, 5.74) is 0.783. The van der Waals surface area contributed by atoms with Gasteiger partial charge in [-0.2, -0.15) is 0 Å². The number of anilines is 1. The van der Waals surface area contributed by atoms with Crippen LogP contribution in [-0.2, 0) is 21.5 Å². The van der Waals surface area contributed by atoms with Gasteiger partial charge < -0.3 is 10.6 Å². The first kappa shape index (κ1) is 16.5. The van der Waals surface area contributed by atoms with Gasteiger partial charge in [0.05, 0.1) is 5.02 Å². The lowest BCUT2D eigenvalue weighted by atomic mass is 9.92. The van der Waals surface area contributed by atoms with E-state index in [0.29, 0.717) is 23.7 Å². The summed E-state index contributed by atoms with van der Waals surface area (Å²) in [5.74, 6) is -0.606. The van der Waals surface area contributed by atoms with E-state index in [9.17, 15) is 14.4 Å². The number of aromatic nitrogens is 1. The van der Waals surface area contributed by atoms with Gasteiger partial charge in [-0.25, -0.2) is 9.78 Å². The normalized spacial score (nSPS) is 21.0. The van der Waals surface area contributed by atoms with Crippen LogP contribution >= 0.6 is 11.6 Å². The second kappa shape index (κ2) is 6.10. The molecule has 0 radical (unpaired) electrons. The molecule has 4 rings (SSSR count). The topological polar surface area (TPSA) is 91.4 Å². The van der Waals surface area contributed by atoms with Crippen LogP contribution in [0.15, 0.2) is 42.6 Å². The van der Waals surface area contributed by atoms with Gasteiger partial charge in [0, 0.05) is 6.20 Å². The first-order chi connectivity index (χ1) is 12.5. The average molecular weight is 371 g/mol. The monoisotopic (exact) mass is 370 g/mol. The number of hydrogen-bond donors (Lipinski definition) is 2. The van der Waals surface area contributed by atoms with E-state index in [4.69, 9.17) is 11.6 Å². The fraction of sp³-hybridized carbons (Fsp3) is 0.222. The lowest BCUT2D eigenvalue weighted by molar-refractivity contribution is -0.134. The Labute approximate surface area is 154 Å². The van der Waals surface area contributed by atoms with Crippen molar-refractivity contribution in [2.75, 3.05) is 11.9 Å². The third kappa shape index (κ3) is 2.61. The number of imide groups is 1. The molecule has 0 saturated carbocycles. The van der Waals surface area contributed by atoms with Crippen LogP contribution in [0.2, 0.25) is 5.02 Å². The molecule has 2 heterocycles. The van der Waals surface area contributed by atoms with Crippen molar-refractivity contribution >= 4 is 35.3 Å². The third-order valence-corrected chi connectivity index (χ3v) is 4.94. The number of halogens is 1. The average Bonchev–Trinajstić information content (AvgIpc) is 3.11. The molecule has 1 spiro atoms. The molecule has 1 aromatic heterocycles. The fourth-order valence-electron chi connectivity index (χ4n) is 3.51. The number of fused-ring (bicyclic) bond motifs is 2. The maximum absolute atomic E-state index is 13.0. The molecule has 132 valence electrons. The zero-order chi connectivity index (χ0) is 18.3. The van der Waals surface area contributed by atoms with E-state index < -0.39 is 23.4 Å². The van der Waals surface area contributed by atoms with Crippen molar-refractivity contribution in [3.63, 3.8) is 0 Å². The van der Waals surface area contributed by atoms with Gasteiger partial charge in [-0.05, 0) is 36.1 Å². The molecule has 1 aromatic carbocycles. The summed E-state index contributed by atoms with van der Waals surface area (Å²) in [7, 11) is 0. The lowest BCUT2D eigenvalue weighted by Gasteiger charge is -2.22. The van der Waals surface area contributed by atoms with Gasteiger partial charge in [0.1, 0.15) is 17.9 Å². The summed E-state index contributed by atoms with van der Waals surface area (Å²) in [6, 6.07) is 10.1. The second-order valence-electron chi connectivity index (χ2n) is 6.29. The molecule has 1 aliphatic carbocycles. The highest BCUT2D eigenvalue weighted by Gasteiger charge is 2.55. The van der Waals surface area contributed by atoms with Crippen LogP contribution in [0.5, 0.6) is 0 Å². The van der Waals surface area contributed by atoms with Crippen LogP contribution in [0.3, 0.4) is 0 Å². The number of aryl methyl sites for hydroxylation is 1. The van der Waals surface area contributed by atoms with Crippen molar-refractivity contribution in [2.24, 2.45) is 0 Å². The van der Waals surface area contributed by atoms with Crippen LogP contribution in [0.25, 0.3) is 0 Å². The molecule has 1 atom stereocenters. The first-order valence-electron chi connectivity index (χ1n) is 8.13. The smallest absolute Gasteiger partial charge is 0.319 e. The van der Waals surface area contributed by atoms with Crippen LogP contribution in [0, 0.1) is 0 Å². The van der Waals surface area contributed by atoms with E-state index in [1.165, 1.54) is 6.20 Å². The number of urea groups is 1. The molecule has 1 aliphatic heterocycles. The summed E-state index contributed by atoms with van der Waals surface area (Å²) in [6.07, 6.45) is 2.60. The van der Waals surface area contributed by atoms with Crippen molar-refractivity contribution in [1.82, 2.24) is 15.2 Å². The first-order valence-corrected chi connectivity index (χ1v) is 8.51. The number of nitrogens with zero attached hydrogens (tertiary/aromatic N) is 2. The quantitative estimate of drug-likeness (QED) is 0.809. The summed E-state index contributed by atoms with van der Waals surface area (Å²) in [6.45, 7) is -0.376. The molecular formula is C18H15ClN4O3. The predicted molar refractivity (Wildman–Crippen MR) is 94.6 cm³/mol. The minimum Gasteiger partial charge on any atom is -0.319 e. The molecule has 2 N–H and O–H groups in total. The van der Waals surface area contributed by atoms with Crippen molar-refractivity contribution < 1.29 is 14.4 Å². The molecule has 26 heavy (non-hydrogen) atoms. The summed E-state index contributed by atoms with van der Waals surface area (Å²) in [5, 5.41) is 5.78. The van der Waals surface area contributed by atoms with E-state index >= 15 is 0 Å². The van der Waals surface area contributed by atoms with Gasteiger partial charge in [0.25, 0.3) is 5.91 Å². The van der Waals surface area contributed by atoms with Gasteiger partial charge in [-0.1, -0.05) is 35.9 Å². The Kier molecular flexibility index (Phi) is 3.88. The molecule has 7 nitrogen and oxygen atoms in total. The number of carbonyl (C=O) groups is 3. The zero-order valence-electron chi connectivity index (χ0n) is 13.7. The van der Waals surface area contributed by atoms with Crippen LogP contribution in [0.4, 0.5) is 10.6 Å². The Hall–Kier alpha value is -2.93. The maximum atomic E-state index is 13.0. The number of nitrogens with one attached hydrogen (secondary N) is 2. The highest BCUT2D eigenvalue weighted by molar-refractivity contribution is 6.30. The molecule has 8 heteroatoms. The van der Waals surface area contributed by atoms with E-state index in [1.807, 2.05) is 24.3 Å². The summed E-state index contributed by atoms with van der Waals surface area (Å²) >= 11 is 5.75. The Morgan fingerprint density at radius 1 is 1.27 bits per heavy atom. The van der Waals surface area contributed by atoms with E-state index in [0.717, 1.165) is 16.0 Å². The third-order valence-electron chi connectivity index (χ3n) is 4.72. The van der Waals surface area contributed by atoms with E-state index in [1.54, 1.807) is 12.1 Å². The van der Waals surface area contributed by atoms with Crippen LogP contribution in [0.1, 0.15) is 17.5 Å². The number of carbonyl (C=O) groups excluding carboxylic acids is 3. The van der Waals surface area contributed by atoms with Crippen LogP contribution in [-0.4, -0.2) is 34.3 Å². The van der Waals surface area contributed by atoms with Crippen molar-refractivity contribution in [1.29, 1.82) is 0 Å². The maximum Gasteiger partial charge on any atom is 0.325 e. The molecule has 1 fully saturated rings. The van der Waals surface area contributed by atoms with Crippen LogP contribution < -0.4 is 10.6 Å². The standard InChI is InChI=1S/C18H15ClN4O3/c19-12-5-6-14(20-9-12)21-15(24)10-23-16(25)18(22-17(23)26)8-7-11-3-1-2-4-13(11)18/h1-6,9H,7-8,10H2,(H,22,26)(H,20,21,24). The Bertz CT molecular complexity index is 915. The number of amides is 4. The predicted octanol–water partition coefficient (Wildman–Crippen LogP) is 2.07.